The van der Waals surface area contributed by atoms with Crippen LogP contribution in [-0.2, 0) is 10.0 Å². The maximum Gasteiger partial charge on any atom is 0.250 e. The summed E-state index contributed by atoms with van der Waals surface area (Å²) in [5.41, 5.74) is 0. The van der Waals surface area contributed by atoms with Crippen LogP contribution >= 0.6 is 22.7 Å². The number of hydrogen-bond donors (Lipinski definition) is 1. The quantitative estimate of drug-likeness (QED) is 0.943. The van der Waals surface area contributed by atoms with E-state index < -0.39 is 10.0 Å². The Labute approximate surface area is 115 Å². The molecule has 0 saturated heterocycles. The number of sulfonamides is 1. The van der Waals surface area contributed by atoms with Gasteiger partial charge >= 0.3 is 0 Å². The van der Waals surface area contributed by atoms with Crippen LogP contribution in [0, 0.1) is 6.92 Å². The van der Waals surface area contributed by atoms with Crippen LogP contribution in [0.15, 0.2) is 33.9 Å². The SMILES string of the molecule is Cc1ccc(S(=O)(=O)NC2CC2c2cccs2)s1. The average molecular weight is 299 g/mol. The van der Waals surface area contributed by atoms with Crippen molar-refractivity contribution in [3.05, 3.63) is 39.4 Å². The molecule has 1 N–H and O–H groups in total. The largest absolute Gasteiger partial charge is 0.250 e. The lowest BCUT2D eigenvalue weighted by Gasteiger charge is -2.03. The van der Waals surface area contributed by atoms with Crippen molar-refractivity contribution >= 4 is 32.7 Å². The number of rotatable bonds is 4. The number of thiophene rings is 2. The third kappa shape index (κ3) is 2.38. The van der Waals surface area contributed by atoms with Gasteiger partial charge in [0.1, 0.15) is 4.21 Å². The van der Waals surface area contributed by atoms with Crippen molar-refractivity contribution in [2.45, 2.75) is 29.5 Å². The molecule has 1 aliphatic rings. The Balaban J connectivity index is 1.71. The fourth-order valence-corrected chi connectivity index (χ4v) is 5.45. The van der Waals surface area contributed by atoms with Crippen molar-refractivity contribution in [3.8, 4) is 0 Å². The molecule has 3 nitrogen and oxygen atoms in total. The number of aryl methyl sites for hydroxylation is 1. The Kier molecular flexibility index (Phi) is 3.05. The molecule has 1 fully saturated rings. The fraction of sp³-hybridized carbons (Fsp3) is 0.333. The monoisotopic (exact) mass is 299 g/mol. The highest BCUT2D eigenvalue weighted by Crippen LogP contribution is 2.43. The smallest absolute Gasteiger partial charge is 0.207 e. The lowest BCUT2D eigenvalue weighted by molar-refractivity contribution is 0.582. The van der Waals surface area contributed by atoms with Gasteiger partial charge in [0.2, 0.25) is 10.0 Å². The van der Waals surface area contributed by atoms with Gasteiger partial charge in [0.15, 0.2) is 0 Å². The van der Waals surface area contributed by atoms with E-state index in [0.717, 1.165) is 11.3 Å². The van der Waals surface area contributed by atoms with Gasteiger partial charge < -0.3 is 0 Å². The molecule has 1 aliphatic carbocycles. The van der Waals surface area contributed by atoms with Gasteiger partial charge in [-0.05, 0) is 36.9 Å². The second kappa shape index (κ2) is 4.45. The first-order valence-corrected chi connectivity index (χ1v) is 8.86. The lowest BCUT2D eigenvalue weighted by Crippen LogP contribution is -2.26. The lowest BCUT2D eigenvalue weighted by atomic mass is 10.3. The second-order valence-electron chi connectivity index (χ2n) is 4.45. The summed E-state index contributed by atoms with van der Waals surface area (Å²) in [5.74, 6) is 0.362. The molecule has 3 rings (SSSR count). The van der Waals surface area contributed by atoms with Gasteiger partial charge in [0, 0.05) is 21.7 Å². The topological polar surface area (TPSA) is 46.2 Å². The van der Waals surface area contributed by atoms with Gasteiger partial charge in [-0.2, -0.15) is 0 Å². The summed E-state index contributed by atoms with van der Waals surface area (Å²) in [5, 5.41) is 2.03. The minimum absolute atomic E-state index is 0.0658. The van der Waals surface area contributed by atoms with E-state index >= 15 is 0 Å². The van der Waals surface area contributed by atoms with Gasteiger partial charge in [-0.1, -0.05) is 6.07 Å². The Morgan fingerprint density at radius 3 is 2.78 bits per heavy atom. The predicted octanol–water partition coefficient (Wildman–Crippen LogP) is 2.95. The van der Waals surface area contributed by atoms with E-state index in [4.69, 9.17) is 0 Å². The molecule has 0 aromatic carbocycles. The molecular weight excluding hydrogens is 286 g/mol. The fourth-order valence-electron chi connectivity index (χ4n) is 1.96. The van der Waals surface area contributed by atoms with E-state index in [2.05, 4.69) is 10.8 Å². The van der Waals surface area contributed by atoms with E-state index in [0.29, 0.717) is 10.1 Å². The summed E-state index contributed by atoms with van der Waals surface area (Å²) >= 11 is 3.01. The van der Waals surface area contributed by atoms with Crippen LogP contribution in [-0.4, -0.2) is 14.5 Å². The molecule has 0 amide bonds. The summed E-state index contributed by atoms with van der Waals surface area (Å²) in [6, 6.07) is 7.65. The molecule has 6 heteroatoms. The summed E-state index contributed by atoms with van der Waals surface area (Å²) in [6.45, 7) is 1.91. The first-order chi connectivity index (χ1) is 8.56. The van der Waals surface area contributed by atoms with E-state index in [1.807, 2.05) is 24.4 Å². The Morgan fingerprint density at radius 2 is 2.17 bits per heavy atom. The molecule has 0 spiro atoms. The first-order valence-electron chi connectivity index (χ1n) is 5.68. The summed E-state index contributed by atoms with van der Waals surface area (Å²) in [4.78, 5) is 2.28. The third-order valence-electron chi connectivity index (χ3n) is 2.99. The first kappa shape index (κ1) is 12.3. The van der Waals surface area contributed by atoms with Crippen LogP contribution in [0.4, 0.5) is 0 Å². The van der Waals surface area contributed by atoms with Crippen molar-refractivity contribution in [2.24, 2.45) is 0 Å². The number of nitrogens with one attached hydrogen (secondary N) is 1. The normalized spacial score (nSPS) is 23.2. The highest BCUT2D eigenvalue weighted by Gasteiger charge is 2.42. The van der Waals surface area contributed by atoms with Crippen molar-refractivity contribution in [1.29, 1.82) is 0 Å². The van der Waals surface area contributed by atoms with Gasteiger partial charge in [0.05, 0.1) is 0 Å². The highest BCUT2D eigenvalue weighted by atomic mass is 32.2. The predicted molar refractivity (Wildman–Crippen MR) is 74.8 cm³/mol. The minimum Gasteiger partial charge on any atom is -0.207 e. The molecule has 18 heavy (non-hydrogen) atoms. The van der Waals surface area contributed by atoms with E-state index in [-0.39, 0.29) is 6.04 Å². The van der Waals surface area contributed by atoms with Crippen LogP contribution in [0.5, 0.6) is 0 Å². The van der Waals surface area contributed by atoms with Gasteiger partial charge in [-0.25, -0.2) is 13.1 Å². The zero-order valence-corrected chi connectivity index (χ0v) is 12.2. The van der Waals surface area contributed by atoms with Crippen LogP contribution in [0.2, 0.25) is 0 Å². The summed E-state index contributed by atoms with van der Waals surface area (Å²) in [7, 11) is -3.33. The average Bonchev–Trinajstić information content (AvgIpc) is 2.78. The van der Waals surface area contributed by atoms with Crippen molar-refractivity contribution in [3.63, 3.8) is 0 Å². The van der Waals surface area contributed by atoms with E-state index in [1.54, 1.807) is 17.4 Å². The molecule has 96 valence electrons. The number of hydrogen-bond acceptors (Lipinski definition) is 4. The molecule has 0 bridgehead atoms. The molecule has 0 radical (unpaired) electrons. The molecule has 2 aromatic rings. The van der Waals surface area contributed by atoms with Crippen molar-refractivity contribution in [2.75, 3.05) is 0 Å². The Hall–Kier alpha value is -0.690. The Morgan fingerprint density at radius 1 is 1.33 bits per heavy atom. The zero-order chi connectivity index (χ0) is 12.8. The molecule has 2 heterocycles. The van der Waals surface area contributed by atoms with Gasteiger partial charge in [-0.3, -0.25) is 0 Å². The zero-order valence-electron chi connectivity index (χ0n) is 9.79. The molecule has 2 aromatic heterocycles. The molecular formula is C12H13NO2S3. The van der Waals surface area contributed by atoms with E-state index in [9.17, 15) is 8.42 Å². The van der Waals surface area contributed by atoms with Crippen LogP contribution in [0.3, 0.4) is 0 Å². The van der Waals surface area contributed by atoms with E-state index in [1.165, 1.54) is 16.2 Å². The minimum atomic E-state index is -3.33. The van der Waals surface area contributed by atoms with Gasteiger partial charge in [-0.15, -0.1) is 22.7 Å². The molecule has 2 unspecified atom stereocenters. The maximum atomic E-state index is 12.1. The van der Waals surface area contributed by atoms with Crippen LogP contribution in [0.25, 0.3) is 0 Å². The van der Waals surface area contributed by atoms with Crippen molar-refractivity contribution < 1.29 is 8.42 Å². The van der Waals surface area contributed by atoms with Crippen molar-refractivity contribution in [1.82, 2.24) is 4.72 Å². The van der Waals surface area contributed by atoms with Crippen LogP contribution in [0.1, 0.15) is 22.1 Å². The van der Waals surface area contributed by atoms with Gasteiger partial charge in [0.25, 0.3) is 0 Å². The molecule has 2 atom stereocenters. The molecule has 0 aliphatic heterocycles. The third-order valence-corrected chi connectivity index (χ3v) is 6.97. The second-order valence-corrected chi connectivity index (χ2v) is 8.66. The summed E-state index contributed by atoms with van der Waals surface area (Å²) in [6.07, 6.45) is 0.907. The Bertz CT molecular complexity index is 643. The van der Waals surface area contributed by atoms with Crippen LogP contribution < -0.4 is 4.72 Å². The highest BCUT2D eigenvalue weighted by molar-refractivity contribution is 7.91. The summed E-state index contributed by atoms with van der Waals surface area (Å²) < 4.78 is 27.4. The standard InChI is InChI=1S/C12H13NO2S3/c1-8-4-5-12(17-8)18(14,15)13-10-7-9(10)11-3-2-6-16-11/h2-6,9-10,13H,7H2,1H3. The molecule has 1 saturated carbocycles. The maximum absolute atomic E-state index is 12.1.